The smallest absolute Gasteiger partial charge is 0.261 e. The number of benzene rings is 1. The van der Waals surface area contributed by atoms with Crippen molar-refractivity contribution in [3.63, 3.8) is 0 Å². The third kappa shape index (κ3) is 6.98. The van der Waals surface area contributed by atoms with Crippen LogP contribution in [0.4, 0.5) is 5.69 Å². The average Bonchev–Trinajstić information content (AvgIpc) is 2.64. The topological polar surface area (TPSA) is 76.4 Å². The van der Waals surface area contributed by atoms with E-state index in [2.05, 4.69) is 24.1 Å². The maximum atomic E-state index is 12.1. The Hall–Kier alpha value is -2.32. The molecule has 0 spiro atoms. The van der Waals surface area contributed by atoms with Gasteiger partial charge in [0.2, 0.25) is 0 Å². The molecule has 5 heteroatoms. The van der Waals surface area contributed by atoms with Crippen LogP contribution in [0.25, 0.3) is 6.08 Å². The highest BCUT2D eigenvalue weighted by Crippen LogP contribution is 2.18. The molecule has 25 heavy (non-hydrogen) atoms. The van der Waals surface area contributed by atoms with Crippen molar-refractivity contribution < 1.29 is 9.90 Å². The summed E-state index contributed by atoms with van der Waals surface area (Å²) in [6, 6.07) is 9.85. The SMILES string of the molecule is CCCN(CCC)c1ccc(C=C(C#N)C(=O)NCC(C)CO)cc1. The quantitative estimate of drug-likeness (QED) is 0.506. The van der Waals surface area contributed by atoms with E-state index in [1.807, 2.05) is 37.3 Å². The Bertz CT molecular complexity index is 596. The number of nitrogens with one attached hydrogen (secondary N) is 1. The second kappa shape index (κ2) is 11.3. The Morgan fingerprint density at radius 3 is 2.36 bits per heavy atom. The van der Waals surface area contributed by atoms with Gasteiger partial charge in [-0.3, -0.25) is 4.79 Å². The van der Waals surface area contributed by atoms with Gasteiger partial charge in [-0.2, -0.15) is 5.26 Å². The van der Waals surface area contributed by atoms with Crippen molar-refractivity contribution in [2.75, 3.05) is 31.1 Å². The second-order valence-corrected chi connectivity index (χ2v) is 6.25. The number of hydrogen-bond donors (Lipinski definition) is 2. The molecule has 2 N–H and O–H groups in total. The number of anilines is 1. The van der Waals surface area contributed by atoms with Gasteiger partial charge in [-0.05, 0) is 42.5 Å². The zero-order valence-corrected chi connectivity index (χ0v) is 15.5. The van der Waals surface area contributed by atoms with Crippen molar-refractivity contribution in [3.05, 3.63) is 35.4 Å². The molecular formula is C20H29N3O2. The van der Waals surface area contributed by atoms with Crippen molar-refractivity contribution in [1.82, 2.24) is 5.32 Å². The van der Waals surface area contributed by atoms with E-state index in [9.17, 15) is 10.1 Å². The van der Waals surface area contributed by atoms with Crippen molar-refractivity contribution >= 4 is 17.7 Å². The van der Waals surface area contributed by atoms with E-state index in [1.54, 1.807) is 6.08 Å². The van der Waals surface area contributed by atoms with E-state index in [-0.39, 0.29) is 18.1 Å². The van der Waals surface area contributed by atoms with E-state index in [0.717, 1.165) is 37.2 Å². The number of aliphatic hydroxyl groups excluding tert-OH is 1. The molecule has 0 aliphatic carbocycles. The van der Waals surface area contributed by atoms with E-state index < -0.39 is 5.91 Å². The van der Waals surface area contributed by atoms with Crippen LogP contribution < -0.4 is 10.2 Å². The Balaban J connectivity index is 2.83. The monoisotopic (exact) mass is 343 g/mol. The van der Waals surface area contributed by atoms with Crippen molar-refractivity contribution in [2.45, 2.75) is 33.6 Å². The molecule has 1 unspecified atom stereocenters. The zero-order chi connectivity index (χ0) is 18.7. The van der Waals surface area contributed by atoms with Gasteiger partial charge in [0.05, 0.1) is 0 Å². The van der Waals surface area contributed by atoms with Crippen LogP contribution in [0.2, 0.25) is 0 Å². The summed E-state index contributed by atoms with van der Waals surface area (Å²) in [6.45, 7) is 8.52. The van der Waals surface area contributed by atoms with Gasteiger partial charge in [0.1, 0.15) is 11.6 Å². The lowest BCUT2D eigenvalue weighted by atomic mass is 10.1. The predicted molar refractivity (Wildman–Crippen MR) is 102 cm³/mol. The third-order valence-corrected chi connectivity index (χ3v) is 3.84. The first-order chi connectivity index (χ1) is 12.0. The molecule has 0 radical (unpaired) electrons. The van der Waals surface area contributed by atoms with E-state index in [0.29, 0.717) is 6.54 Å². The van der Waals surface area contributed by atoms with Crippen molar-refractivity contribution in [2.24, 2.45) is 5.92 Å². The maximum Gasteiger partial charge on any atom is 0.261 e. The van der Waals surface area contributed by atoms with Crippen LogP contribution in [0, 0.1) is 17.2 Å². The highest BCUT2D eigenvalue weighted by molar-refractivity contribution is 6.01. The highest BCUT2D eigenvalue weighted by atomic mass is 16.3. The second-order valence-electron chi connectivity index (χ2n) is 6.25. The first-order valence-corrected chi connectivity index (χ1v) is 8.91. The molecule has 1 rings (SSSR count). The number of hydrogen-bond acceptors (Lipinski definition) is 4. The molecule has 0 bridgehead atoms. The van der Waals surface area contributed by atoms with Crippen LogP contribution in [0.15, 0.2) is 29.8 Å². The Labute approximate surface area is 151 Å². The van der Waals surface area contributed by atoms with Gasteiger partial charge in [0.15, 0.2) is 0 Å². The molecule has 0 fully saturated rings. The van der Waals surface area contributed by atoms with Gasteiger partial charge in [-0.15, -0.1) is 0 Å². The summed E-state index contributed by atoms with van der Waals surface area (Å²) in [5, 5.41) is 20.9. The van der Waals surface area contributed by atoms with Crippen LogP contribution in [0.5, 0.6) is 0 Å². The van der Waals surface area contributed by atoms with Crippen molar-refractivity contribution in [3.8, 4) is 6.07 Å². The average molecular weight is 343 g/mol. The fourth-order valence-corrected chi connectivity index (χ4v) is 2.43. The van der Waals surface area contributed by atoms with Gasteiger partial charge in [-0.25, -0.2) is 0 Å². The van der Waals surface area contributed by atoms with Gasteiger partial charge >= 0.3 is 0 Å². The Morgan fingerprint density at radius 2 is 1.88 bits per heavy atom. The van der Waals surface area contributed by atoms with Gasteiger partial charge < -0.3 is 15.3 Å². The molecule has 0 heterocycles. The van der Waals surface area contributed by atoms with Gasteiger partial charge in [-0.1, -0.05) is 32.9 Å². The summed E-state index contributed by atoms with van der Waals surface area (Å²) in [5.74, 6) is -0.447. The molecule has 1 aromatic carbocycles. The van der Waals surface area contributed by atoms with Crippen LogP contribution in [0.1, 0.15) is 39.2 Å². The first kappa shape index (κ1) is 20.7. The molecule has 1 amide bonds. The number of nitrogens with zero attached hydrogens (tertiary/aromatic N) is 2. The molecule has 136 valence electrons. The number of carbonyl (C=O) groups excluding carboxylic acids is 1. The predicted octanol–water partition coefficient (Wildman–Crippen LogP) is 2.96. The van der Waals surface area contributed by atoms with Crippen LogP contribution in [0.3, 0.4) is 0 Å². The van der Waals surface area contributed by atoms with Crippen LogP contribution in [-0.2, 0) is 4.79 Å². The van der Waals surface area contributed by atoms with Gasteiger partial charge in [0.25, 0.3) is 5.91 Å². The molecular weight excluding hydrogens is 314 g/mol. The molecule has 1 aromatic rings. The summed E-state index contributed by atoms with van der Waals surface area (Å²) in [7, 11) is 0. The Morgan fingerprint density at radius 1 is 1.28 bits per heavy atom. The normalized spacial score (nSPS) is 12.4. The van der Waals surface area contributed by atoms with Gasteiger partial charge in [0, 0.05) is 31.9 Å². The maximum absolute atomic E-state index is 12.1. The lowest BCUT2D eigenvalue weighted by molar-refractivity contribution is -0.117. The number of amides is 1. The summed E-state index contributed by atoms with van der Waals surface area (Å²) >= 11 is 0. The molecule has 0 saturated heterocycles. The number of rotatable bonds is 10. The molecule has 1 atom stereocenters. The van der Waals surface area contributed by atoms with E-state index in [1.165, 1.54) is 0 Å². The van der Waals surface area contributed by atoms with Crippen molar-refractivity contribution in [1.29, 1.82) is 5.26 Å². The fourth-order valence-electron chi connectivity index (χ4n) is 2.43. The molecule has 0 aliphatic heterocycles. The van der Waals surface area contributed by atoms with E-state index in [4.69, 9.17) is 5.11 Å². The standard InChI is InChI=1S/C20H29N3O2/c1-4-10-23(11-5-2)19-8-6-17(7-9-19)12-18(13-21)20(25)22-14-16(3)15-24/h6-9,12,16,24H,4-5,10-11,14-15H2,1-3H3,(H,22,25). The minimum absolute atomic E-state index is 0.000632. The summed E-state index contributed by atoms with van der Waals surface area (Å²) in [4.78, 5) is 14.4. The van der Waals surface area contributed by atoms with E-state index >= 15 is 0 Å². The van der Waals surface area contributed by atoms with Crippen LogP contribution in [-0.4, -0.2) is 37.3 Å². The molecule has 0 saturated carbocycles. The molecule has 5 nitrogen and oxygen atoms in total. The summed E-state index contributed by atoms with van der Waals surface area (Å²) in [5.41, 5.74) is 2.04. The summed E-state index contributed by atoms with van der Waals surface area (Å²) in [6.07, 6.45) is 3.77. The number of nitriles is 1. The largest absolute Gasteiger partial charge is 0.396 e. The summed E-state index contributed by atoms with van der Waals surface area (Å²) < 4.78 is 0. The fraction of sp³-hybridized carbons (Fsp3) is 0.500. The molecule has 0 aromatic heterocycles. The Kier molecular flexibility index (Phi) is 9.34. The van der Waals surface area contributed by atoms with Crippen LogP contribution >= 0.6 is 0 Å². The zero-order valence-electron chi connectivity index (χ0n) is 15.5. The highest BCUT2D eigenvalue weighted by Gasteiger charge is 2.10. The minimum atomic E-state index is -0.412. The first-order valence-electron chi connectivity index (χ1n) is 8.91. The lowest BCUT2D eigenvalue weighted by Crippen LogP contribution is -2.30. The number of carbonyl (C=O) groups is 1. The minimum Gasteiger partial charge on any atom is -0.396 e. The number of aliphatic hydroxyl groups is 1. The lowest BCUT2D eigenvalue weighted by Gasteiger charge is -2.23. The third-order valence-electron chi connectivity index (χ3n) is 3.84. The molecule has 0 aliphatic rings.